The van der Waals surface area contributed by atoms with E-state index in [1.54, 1.807) is 11.8 Å². The molecule has 0 spiro atoms. The molecule has 1 aliphatic rings. The van der Waals surface area contributed by atoms with E-state index >= 15 is 0 Å². The highest BCUT2D eigenvalue weighted by molar-refractivity contribution is 5.85. The first-order chi connectivity index (χ1) is 12.2. The van der Waals surface area contributed by atoms with Crippen molar-refractivity contribution < 1.29 is 19.1 Å². The Morgan fingerprint density at radius 1 is 1.22 bits per heavy atom. The number of nitrogens with one attached hydrogen (secondary N) is 1. The monoisotopic (exact) mass is 398 g/mol. The van der Waals surface area contributed by atoms with Crippen LogP contribution in [0, 0.1) is 5.92 Å². The average molecular weight is 399 g/mol. The van der Waals surface area contributed by atoms with Crippen LogP contribution in [-0.4, -0.2) is 48.3 Å². The van der Waals surface area contributed by atoms with Gasteiger partial charge in [0.2, 0.25) is 0 Å². The molecule has 0 aliphatic carbocycles. The van der Waals surface area contributed by atoms with Gasteiger partial charge in [-0.05, 0) is 40.2 Å². The third kappa shape index (κ3) is 6.70. The Hall–Kier alpha value is -1.79. The van der Waals surface area contributed by atoms with E-state index in [4.69, 9.17) is 9.47 Å². The van der Waals surface area contributed by atoms with Gasteiger partial charge in [0.25, 0.3) is 0 Å². The highest BCUT2D eigenvalue weighted by atomic mass is 35.5. The minimum atomic E-state index is -0.570. The molecule has 1 saturated heterocycles. The molecular formula is C20H31ClN2O4. The SMILES string of the molecule is CCOC(=O)[C@@H]1CN(C(=O)OC(C)(C)C)C[C@H]1N[C@@H](C)c1ccccc1.Cl. The van der Waals surface area contributed by atoms with Gasteiger partial charge in [0.15, 0.2) is 0 Å². The summed E-state index contributed by atoms with van der Waals surface area (Å²) in [6.45, 7) is 10.4. The van der Waals surface area contributed by atoms with E-state index in [0.29, 0.717) is 19.7 Å². The number of ether oxygens (including phenoxy) is 2. The second-order valence-electron chi connectivity index (χ2n) is 7.65. The summed E-state index contributed by atoms with van der Waals surface area (Å²) < 4.78 is 10.7. The van der Waals surface area contributed by atoms with Gasteiger partial charge in [-0.15, -0.1) is 12.4 Å². The molecule has 0 radical (unpaired) electrons. The Labute approximate surface area is 168 Å². The van der Waals surface area contributed by atoms with Gasteiger partial charge in [-0.2, -0.15) is 0 Å². The van der Waals surface area contributed by atoms with Gasteiger partial charge < -0.3 is 19.7 Å². The maximum atomic E-state index is 12.4. The van der Waals surface area contributed by atoms with Crippen molar-refractivity contribution in [1.29, 1.82) is 0 Å². The van der Waals surface area contributed by atoms with Crippen molar-refractivity contribution in [2.45, 2.75) is 52.3 Å². The first-order valence-electron chi connectivity index (χ1n) is 9.17. The Morgan fingerprint density at radius 2 is 1.85 bits per heavy atom. The van der Waals surface area contributed by atoms with Crippen LogP contribution in [-0.2, 0) is 14.3 Å². The number of hydrogen-bond acceptors (Lipinski definition) is 5. The molecule has 27 heavy (non-hydrogen) atoms. The maximum absolute atomic E-state index is 12.4. The number of benzene rings is 1. The molecule has 1 aromatic rings. The van der Waals surface area contributed by atoms with E-state index in [-0.39, 0.29) is 30.5 Å². The lowest BCUT2D eigenvalue weighted by atomic mass is 10.0. The van der Waals surface area contributed by atoms with Gasteiger partial charge in [-0.3, -0.25) is 4.79 Å². The Balaban J connectivity index is 0.00000364. The quantitative estimate of drug-likeness (QED) is 0.768. The number of halogens is 1. The number of likely N-dealkylation sites (tertiary alicyclic amines) is 1. The van der Waals surface area contributed by atoms with Crippen LogP contribution in [0.25, 0.3) is 0 Å². The van der Waals surface area contributed by atoms with Gasteiger partial charge in [-0.1, -0.05) is 30.3 Å². The summed E-state index contributed by atoms with van der Waals surface area (Å²) >= 11 is 0. The van der Waals surface area contributed by atoms with E-state index < -0.39 is 17.6 Å². The minimum absolute atomic E-state index is 0. The summed E-state index contributed by atoms with van der Waals surface area (Å²) in [5, 5.41) is 3.48. The van der Waals surface area contributed by atoms with Gasteiger partial charge in [0.1, 0.15) is 5.60 Å². The second kappa shape index (κ2) is 9.95. The summed E-state index contributed by atoms with van der Waals surface area (Å²) in [7, 11) is 0. The van der Waals surface area contributed by atoms with Crippen LogP contribution in [0.4, 0.5) is 4.79 Å². The van der Waals surface area contributed by atoms with Crippen LogP contribution < -0.4 is 5.32 Å². The molecular weight excluding hydrogens is 368 g/mol. The third-order valence-electron chi connectivity index (χ3n) is 4.32. The summed E-state index contributed by atoms with van der Waals surface area (Å²) in [6, 6.07) is 9.89. The van der Waals surface area contributed by atoms with Crippen molar-refractivity contribution in [3.63, 3.8) is 0 Å². The number of amides is 1. The molecule has 0 saturated carbocycles. The van der Waals surface area contributed by atoms with E-state index in [0.717, 1.165) is 5.56 Å². The summed E-state index contributed by atoms with van der Waals surface area (Å²) in [5.41, 5.74) is 0.560. The highest BCUT2D eigenvalue weighted by Crippen LogP contribution is 2.24. The molecule has 7 heteroatoms. The van der Waals surface area contributed by atoms with E-state index in [1.165, 1.54) is 0 Å². The van der Waals surface area contributed by atoms with Crippen LogP contribution in [0.3, 0.4) is 0 Å². The minimum Gasteiger partial charge on any atom is -0.466 e. The molecule has 0 bridgehead atoms. The predicted octanol–water partition coefficient (Wildman–Crippen LogP) is 3.56. The zero-order chi connectivity index (χ0) is 19.3. The molecule has 1 aliphatic heterocycles. The number of nitrogens with zero attached hydrogens (tertiary/aromatic N) is 1. The fourth-order valence-electron chi connectivity index (χ4n) is 3.10. The molecule has 1 fully saturated rings. The molecule has 1 N–H and O–H groups in total. The fraction of sp³-hybridized carbons (Fsp3) is 0.600. The fourth-order valence-corrected chi connectivity index (χ4v) is 3.10. The number of carbonyl (C=O) groups excluding carboxylic acids is 2. The Bertz CT molecular complexity index is 618. The molecule has 0 unspecified atom stereocenters. The molecule has 152 valence electrons. The zero-order valence-corrected chi connectivity index (χ0v) is 17.5. The van der Waals surface area contributed by atoms with Gasteiger partial charge in [0, 0.05) is 25.2 Å². The first-order valence-corrected chi connectivity index (χ1v) is 9.17. The Morgan fingerprint density at radius 3 is 2.41 bits per heavy atom. The highest BCUT2D eigenvalue weighted by Gasteiger charge is 2.42. The van der Waals surface area contributed by atoms with Crippen LogP contribution in [0.1, 0.15) is 46.2 Å². The summed E-state index contributed by atoms with van der Waals surface area (Å²) in [6.07, 6.45) is -0.400. The third-order valence-corrected chi connectivity index (χ3v) is 4.32. The molecule has 2 rings (SSSR count). The largest absolute Gasteiger partial charge is 0.466 e. The van der Waals surface area contributed by atoms with Gasteiger partial charge in [0.05, 0.1) is 12.5 Å². The number of esters is 1. The van der Waals surface area contributed by atoms with Crippen molar-refractivity contribution in [1.82, 2.24) is 10.2 Å². The average Bonchev–Trinajstić information content (AvgIpc) is 2.98. The molecule has 1 amide bonds. The predicted molar refractivity (Wildman–Crippen MR) is 107 cm³/mol. The second-order valence-corrected chi connectivity index (χ2v) is 7.65. The van der Waals surface area contributed by atoms with Crippen molar-refractivity contribution >= 4 is 24.5 Å². The van der Waals surface area contributed by atoms with Crippen molar-refractivity contribution in [2.24, 2.45) is 5.92 Å². The summed E-state index contributed by atoms with van der Waals surface area (Å²) in [4.78, 5) is 26.4. The molecule has 1 aromatic carbocycles. The molecule has 6 nitrogen and oxygen atoms in total. The maximum Gasteiger partial charge on any atom is 0.410 e. The van der Waals surface area contributed by atoms with E-state index in [9.17, 15) is 9.59 Å². The van der Waals surface area contributed by atoms with Crippen LogP contribution in [0.2, 0.25) is 0 Å². The van der Waals surface area contributed by atoms with E-state index in [2.05, 4.69) is 5.32 Å². The van der Waals surface area contributed by atoms with Gasteiger partial charge in [-0.25, -0.2) is 4.79 Å². The molecule has 0 aromatic heterocycles. The van der Waals surface area contributed by atoms with Crippen molar-refractivity contribution in [3.05, 3.63) is 35.9 Å². The first kappa shape index (κ1) is 23.2. The topological polar surface area (TPSA) is 67.9 Å². The van der Waals surface area contributed by atoms with Crippen molar-refractivity contribution in [3.8, 4) is 0 Å². The van der Waals surface area contributed by atoms with Crippen LogP contribution in [0.5, 0.6) is 0 Å². The van der Waals surface area contributed by atoms with Gasteiger partial charge >= 0.3 is 12.1 Å². The zero-order valence-electron chi connectivity index (χ0n) is 16.7. The lowest BCUT2D eigenvalue weighted by Gasteiger charge is -2.25. The Kier molecular flexibility index (Phi) is 8.57. The number of carbonyl (C=O) groups is 2. The lowest BCUT2D eigenvalue weighted by molar-refractivity contribution is -0.148. The molecule has 1 heterocycles. The van der Waals surface area contributed by atoms with Crippen LogP contribution in [0.15, 0.2) is 30.3 Å². The molecule has 3 atom stereocenters. The standard InChI is InChI=1S/C20H30N2O4.ClH/c1-6-25-18(23)16-12-22(19(24)26-20(3,4)5)13-17(16)21-14(2)15-10-8-7-9-11-15;/h7-11,14,16-17,21H,6,12-13H2,1-5H3;1H/t14-,16+,17+;/m0./s1. The lowest BCUT2D eigenvalue weighted by Crippen LogP contribution is -2.41. The normalized spacial score (nSPS) is 20.6. The van der Waals surface area contributed by atoms with Crippen LogP contribution >= 0.6 is 12.4 Å². The van der Waals surface area contributed by atoms with E-state index in [1.807, 2.05) is 58.0 Å². The summed E-state index contributed by atoms with van der Waals surface area (Å²) in [5.74, 6) is -0.690. The van der Waals surface area contributed by atoms with Crippen molar-refractivity contribution in [2.75, 3.05) is 19.7 Å². The number of rotatable bonds is 5. The smallest absolute Gasteiger partial charge is 0.410 e. The number of hydrogen-bond donors (Lipinski definition) is 1.